The number of hydrogen-bond acceptors (Lipinski definition) is 3. The van der Waals surface area contributed by atoms with Gasteiger partial charge in [-0.15, -0.1) is 0 Å². The lowest BCUT2D eigenvalue weighted by Gasteiger charge is -2.33. The number of amides is 1. The van der Waals surface area contributed by atoms with Gasteiger partial charge < -0.3 is 16.0 Å². The first kappa shape index (κ1) is 14.3. The summed E-state index contributed by atoms with van der Waals surface area (Å²) in [6.45, 7) is 2.56. The van der Waals surface area contributed by atoms with Crippen molar-refractivity contribution in [2.45, 2.75) is 19.4 Å². The van der Waals surface area contributed by atoms with E-state index in [9.17, 15) is 4.79 Å². The Labute approximate surface area is 122 Å². The number of nitrogens with two attached hydrogens (primary N) is 1. The van der Waals surface area contributed by atoms with Gasteiger partial charge in [0.2, 0.25) is 5.91 Å². The van der Waals surface area contributed by atoms with Gasteiger partial charge in [-0.2, -0.15) is 0 Å². The standard InChI is InChI=1S/C14H20BrN3O/c1-17-8-10-4-5-12(7-13(10)15)18-6-2-3-11(9-18)14(16)19/h4-5,7,11,17H,2-3,6,8-9H2,1H3,(H2,16,19). The quantitative estimate of drug-likeness (QED) is 0.888. The third kappa shape index (κ3) is 3.48. The molecule has 1 aromatic carbocycles. The molecule has 1 heterocycles. The zero-order chi connectivity index (χ0) is 13.8. The number of primary amides is 1. The molecule has 1 aliphatic heterocycles. The third-order valence-corrected chi connectivity index (χ3v) is 4.33. The molecule has 1 unspecified atom stereocenters. The largest absolute Gasteiger partial charge is 0.371 e. The minimum absolute atomic E-state index is 0.0236. The van der Waals surface area contributed by atoms with E-state index in [2.05, 4.69) is 44.3 Å². The maximum atomic E-state index is 11.3. The van der Waals surface area contributed by atoms with Crippen molar-refractivity contribution in [3.05, 3.63) is 28.2 Å². The van der Waals surface area contributed by atoms with Gasteiger partial charge in [0.15, 0.2) is 0 Å². The van der Waals surface area contributed by atoms with Crippen molar-refractivity contribution >= 4 is 27.5 Å². The highest BCUT2D eigenvalue weighted by molar-refractivity contribution is 9.10. The van der Waals surface area contributed by atoms with E-state index >= 15 is 0 Å². The van der Waals surface area contributed by atoms with E-state index in [0.717, 1.165) is 42.6 Å². The van der Waals surface area contributed by atoms with Crippen LogP contribution in [0, 0.1) is 5.92 Å². The zero-order valence-corrected chi connectivity index (χ0v) is 12.7. The first-order valence-corrected chi connectivity index (χ1v) is 7.38. The van der Waals surface area contributed by atoms with Crippen LogP contribution in [0.1, 0.15) is 18.4 Å². The molecule has 104 valence electrons. The monoisotopic (exact) mass is 325 g/mol. The van der Waals surface area contributed by atoms with Crippen LogP contribution in [0.3, 0.4) is 0 Å². The molecule has 1 saturated heterocycles. The van der Waals surface area contributed by atoms with Crippen LogP contribution in [-0.2, 0) is 11.3 Å². The van der Waals surface area contributed by atoms with Crippen LogP contribution in [0.4, 0.5) is 5.69 Å². The molecule has 3 N–H and O–H groups in total. The van der Waals surface area contributed by atoms with Gasteiger partial charge >= 0.3 is 0 Å². The Morgan fingerprint density at radius 1 is 1.58 bits per heavy atom. The Morgan fingerprint density at radius 2 is 2.37 bits per heavy atom. The smallest absolute Gasteiger partial charge is 0.222 e. The first-order valence-electron chi connectivity index (χ1n) is 6.59. The number of carbonyl (C=O) groups is 1. The molecular formula is C14H20BrN3O. The van der Waals surface area contributed by atoms with Crippen molar-refractivity contribution in [1.82, 2.24) is 5.32 Å². The number of nitrogens with one attached hydrogen (secondary N) is 1. The second kappa shape index (κ2) is 6.39. The van der Waals surface area contributed by atoms with Gasteiger partial charge in [-0.05, 0) is 37.6 Å². The van der Waals surface area contributed by atoms with Crippen LogP contribution in [-0.4, -0.2) is 26.0 Å². The summed E-state index contributed by atoms with van der Waals surface area (Å²) in [4.78, 5) is 13.6. The lowest BCUT2D eigenvalue weighted by molar-refractivity contribution is -0.122. The van der Waals surface area contributed by atoms with Crippen LogP contribution in [0.15, 0.2) is 22.7 Å². The number of benzene rings is 1. The SMILES string of the molecule is CNCc1ccc(N2CCCC(C(N)=O)C2)cc1Br. The molecule has 0 radical (unpaired) electrons. The molecule has 19 heavy (non-hydrogen) atoms. The topological polar surface area (TPSA) is 58.4 Å². The predicted molar refractivity (Wildman–Crippen MR) is 81.0 cm³/mol. The normalized spacial score (nSPS) is 19.5. The fraction of sp³-hybridized carbons (Fsp3) is 0.500. The third-order valence-electron chi connectivity index (χ3n) is 3.59. The van der Waals surface area contributed by atoms with E-state index in [1.807, 2.05) is 7.05 Å². The predicted octanol–water partition coefficient (Wildman–Crippen LogP) is 1.87. The van der Waals surface area contributed by atoms with Gasteiger partial charge in [-0.25, -0.2) is 0 Å². The molecule has 0 spiro atoms. The molecule has 4 nitrogen and oxygen atoms in total. The zero-order valence-electron chi connectivity index (χ0n) is 11.2. The lowest BCUT2D eigenvalue weighted by atomic mass is 9.97. The molecule has 0 bridgehead atoms. The summed E-state index contributed by atoms with van der Waals surface area (Å²) in [5, 5.41) is 3.14. The highest BCUT2D eigenvalue weighted by Crippen LogP contribution is 2.27. The molecule has 1 amide bonds. The summed E-state index contributed by atoms with van der Waals surface area (Å²) in [5.41, 5.74) is 7.80. The Balaban J connectivity index is 2.13. The fourth-order valence-corrected chi connectivity index (χ4v) is 3.02. The summed E-state index contributed by atoms with van der Waals surface area (Å²) in [7, 11) is 1.93. The van der Waals surface area contributed by atoms with E-state index in [4.69, 9.17) is 5.73 Å². The van der Waals surface area contributed by atoms with Crippen LogP contribution in [0.2, 0.25) is 0 Å². The molecule has 0 aliphatic carbocycles. The molecule has 2 rings (SSSR count). The van der Waals surface area contributed by atoms with Gasteiger partial charge in [-0.1, -0.05) is 22.0 Å². The molecular weight excluding hydrogens is 306 g/mol. The number of anilines is 1. The summed E-state index contributed by atoms with van der Waals surface area (Å²) in [6.07, 6.45) is 1.92. The average Bonchev–Trinajstić information content (AvgIpc) is 2.41. The average molecular weight is 326 g/mol. The van der Waals surface area contributed by atoms with Crippen molar-refractivity contribution in [2.24, 2.45) is 11.7 Å². The van der Waals surface area contributed by atoms with Gasteiger partial charge in [0.25, 0.3) is 0 Å². The van der Waals surface area contributed by atoms with E-state index in [1.54, 1.807) is 0 Å². The van der Waals surface area contributed by atoms with Crippen molar-refractivity contribution < 1.29 is 4.79 Å². The van der Waals surface area contributed by atoms with E-state index in [-0.39, 0.29) is 11.8 Å². The number of piperidine rings is 1. The van der Waals surface area contributed by atoms with Gasteiger partial charge in [0.1, 0.15) is 0 Å². The van der Waals surface area contributed by atoms with Gasteiger partial charge in [0, 0.05) is 29.8 Å². The Hall–Kier alpha value is -1.07. The van der Waals surface area contributed by atoms with Crippen molar-refractivity contribution in [1.29, 1.82) is 0 Å². The van der Waals surface area contributed by atoms with Crippen molar-refractivity contribution in [3.63, 3.8) is 0 Å². The highest BCUT2D eigenvalue weighted by atomic mass is 79.9. The fourth-order valence-electron chi connectivity index (χ4n) is 2.51. The maximum absolute atomic E-state index is 11.3. The van der Waals surface area contributed by atoms with Gasteiger partial charge in [-0.3, -0.25) is 4.79 Å². The molecule has 0 aromatic heterocycles. The summed E-state index contributed by atoms with van der Waals surface area (Å²) in [5.74, 6) is -0.208. The van der Waals surface area contributed by atoms with Crippen molar-refractivity contribution in [2.75, 3.05) is 25.0 Å². The lowest BCUT2D eigenvalue weighted by Crippen LogP contribution is -2.41. The highest BCUT2D eigenvalue weighted by Gasteiger charge is 2.24. The van der Waals surface area contributed by atoms with Crippen LogP contribution in [0.25, 0.3) is 0 Å². The Morgan fingerprint density at radius 3 is 3.00 bits per heavy atom. The summed E-state index contributed by atoms with van der Waals surface area (Å²) in [6, 6.07) is 6.35. The van der Waals surface area contributed by atoms with Crippen LogP contribution in [0.5, 0.6) is 0 Å². The minimum Gasteiger partial charge on any atom is -0.371 e. The molecule has 1 atom stereocenters. The molecule has 5 heteroatoms. The second-order valence-corrected chi connectivity index (χ2v) is 5.85. The minimum atomic E-state index is -0.185. The van der Waals surface area contributed by atoms with E-state index in [0.29, 0.717) is 0 Å². The summed E-state index contributed by atoms with van der Waals surface area (Å²) >= 11 is 3.60. The molecule has 1 fully saturated rings. The Bertz CT molecular complexity index is 464. The molecule has 1 aromatic rings. The number of hydrogen-bond donors (Lipinski definition) is 2. The number of carbonyl (C=O) groups excluding carboxylic acids is 1. The first-order chi connectivity index (χ1) is 9.11. The molecule has 0 saturated carbocycles. The maximum Gasteiger partial charge on any atom is 0.222 e. The van der Waals surface area contributed by atoms with Gasteiger partial charge in [0.05, 0.1) is 5.92 Å². The Kier molecular flexibility index (Phi) is 4.82. The van der Waals surface area contributed by atoms with Crippen LogP contribution >= 0.6 is 15.9 Å². The van der Waals surface area contributed by atoms with Crippen LogP contribution < -0.4 is 16.0 Å². The number of halogens is 1. The van der Waals surface area contributed by atoms with E-state index in [1.165, 1.54) is 5.56 Å². The van der Waals surface area contributed by atoms with E-state index < -0.39 is 0 Å². The number of rotatable bonds is 4. The molecule has 1 aliphatic rings. The summed E-state index contributed by atoms with van der Waals surface area (Å²) < 4.78 is 1.10. The number of nitrogens with zero attached hydrogens (tertiary/aromatic N) is 1. The van der Waals surface area contributed by atoms with Crippen molar-refractivity contribution in [3.8, 4) is 0 Å². The second-order valence-electron chi connectivity index (χ2n) is 4.99.